The van der Waals surface area contributed by atoms with Gasteiger partial charge in [0, 0.05) is 13.0 Å². The Hall–Kier alpha value is -1.88. The van der Waals surface area contributed by atoms with Crippen molar-refractivity contribution in [3.63, 3.8) is 0 Å². The van der Waals surface area contributed by atoms with Gasteiger partial charge in [-0.15, -0.1) is 12.4 Å². The quantitative estimate of drug-likeness (QED) is 0.425. The molecule has 5 heteroatoms. The maximum absolute atomic E-state index is 11.6. The van der Waals surface area contributed by atoms with E-state index in [0.29, 0.717) is 23.3 Å². The molecule has 0 atom stereocenters. The first-order valence-electron chi connectivity index (χ1n) is 8.44. The molecule has 0 spiro atoms. The summed E-state index contributed by atoms with van der Waals surface area (Å²) in [7, 11) is 0. The molecule has 2 aromatic rings. The largest absolute Gasteiger partial charge is 0.411 e. The van der Waals surface area contributed by atoms with E-state index in [0.717, 1.165) is 19.6 Å². The summed E-state index contributed by atoms with van der Waals surface area (Å²) in [6, 6.07) is 18.7. The van der Waals surface area contributed by atoms with Crippen LogP contribution in [0.3, 0.4) is 0 Å². The van der Waals surface area contributed by atoms with Crippen LogP contribution in [-0.4, -0.2) is 40.6 Å². The summed E-state index contributed by atoms with van der Waals surface area (Å²) in [6.45, 7) is 6.77. The van der Waals surface area contributed by atoms with Gasteiger partial charge in [-0.1, -0.05) is 79.7 Å². The molecule has 136 valence electrons. The van der Waals surface area contributed by atoms with Crippen LogP contribution < -0.4 is 0 Å². The van der Waals surface area contributed by atoms with Crippen molar-refractivity contribution in [3.8, 4) is 0 Å². The van der Waals surface area contributed by atoms with Gasteiger partial charge in [-0.25, -0.2) is 0 Å². The molecule has 0 radical (unpaired) electrons. The normalized spacial score (nSPS) is 12.1. The Kier molecular flexibility index (Phi) is 8.62. The summed E-state index contributed by atoms with van der Waals surface area (Å²) in [5.74, 6) is 0. The molecule has 0 aliphatic heterocycles. The van der Waals surface area contributed by atoms with Crippen molar-refractivity contribution in [2.75, 3.05) is 19.6 Å². The number of hydrogen-bond donors (Lipinski definition) is 2. The molecule has 0 amide bonds. The first kappa shape index (κ1) is 21.2. The fourth-order valence-corrected chi connectivity index (χ4v) is 2.97. The van der Waals surface area contributed by atoms with Gasteiger partial charge in [0.05, 0.1) is 5.71 Å². The van der Waals surface area contributed by atoms with Gasteiger partial charge in [-0.3, -0.25) is 0 Å². The zero-order valence-electron chi connectivity index (χ0n) is 14.8. The minimum absolute atomic E-state index is 0. The molecule has 0 fully saturated rings. The summed E-state index contributed by atoms with van der Waals surface area (Å²) in [4.78, 5) is 2.24. The molecule has 25 heavy (non-hydrogen) atoms. The smallest absolute Gasteiger partial charge is 0.156 e. The van der Waals surface area contributed by atoms with Crippen LogP contribution in [0.4, 0.5) is 0 Å². The molecule has 0 saturated heterocycles. The van der Waals surface area contributed by atoms with E-state index in [9.17, 15) is 10.3 Å². The van der Waals surface area contributed by atoms with Gasteiger partial charge < -0.3 is 15.2 Å². The van der Waals surface area contributed by atoms with Crippen LogP contribution in [0, 0.1) is 0 Å². The number of halogens is 1. The second-order valence-electron chi connectivity index (χ2n) is 5.77. The Morgan fingerprint density at radius 3 is 1.72 bits per heavy atom. The predicted molar refractivity (Wildman–Crippen MR) is 105 cm³/mol. The van der Waals surface area contributed by atoms with Crippen molar-refractivity contribution in [2.24, 2.45) is 5.16 Å². The summed E-state index contributed by atoms with van der Waals surface area (Å²) >= 11 is 0. The van der Waals surface area contributed by atoms with Crippen LogP contribution in [0.5, 0.6) is 0 Å². The van der Waals surface area contributed by atoms with Crippen LogP contribution in [0.15, 0.2) is 65.8 Å². The first-order valence-corrected chi connectivity index (χ1v) is 8.44. The Balaban J connectivity index is 0.00000312. The molecule has 0 bridgehead atoms. The zero-order valence-corrected chi connectivity index (χ0v) is 15.6. The topological polar surface area (TPSA) is 56.1 Å². The number of hydrogen-bond acceptors (Lipinski definition) is 4. The van der Waals surface area contributed by atoms with Gasteiger partial charge in [0.1, 0.15) is 0 Å². The molecule has 2 N–H and O–H groups in total. The molecule has 2 rings (SSSR count). The third-order valence-corrected chi connectivity index (χ3v) is 4.48. The fraction of sp³-hybridized carbons (Fsp3) is 0.350. The van der Waals surface area contributed by atoms with E-state index in [1.165, 1.54) is 0 Å². The Morgan fingerprint density at radius 1 is 0.920 bits per heavy atom. The van der Waals surface area contributed by atoms with E-state index >= 15 is 0 Å². The monoisotopic (exact) mass is 362 g/mol. The van der Waals surface area contributed by atoms with Crippen molar-refractivity contribution in [2.45, 2.75) is 25.9 Å². The molecular weight excluding hydrogens is 336 g/mol. The maximum atomic E-state index is 11.6. The highest BCUT2D eigenvalue weighted by atomic mass is 35.5. The van der Waals surface area contributed by atoms with Crippen LogP contribution in [0.25, 0.3) is 0 Å². The SMILES string of the molecule is CCN(CC)CC/C(=N/O)C(O)(c1ccccc1)c1ccccc1.Cl. The molecule has 0 unspecified atom stereocenters. The summed E-state index contributed by atoms with van der Waals surface area (Å²) in [5.41, 5.74) is 0.309. The second kappa shape index (κ2) is 10.2. The minimum atomic E-state index is -1.44. The zero-order chi connectivity index (χ0) is 17.4. The van der Waals surface area contributed by atoms with E-state index < -0.39 is 5.60 Å². The molecule has 2 aromatic carbocycles. The average molecular weight is 363 g/mol. The van der Waals surface area contributed by atoms with Gasteiger partial charge in [0.2, 0.25) is 0 Å². The summed E-state index contributed by atoms with van der Waals surface area (Å²) in [5, 5.41) is 24.7. The van der Waals surface area contributed by atoms with E-state index in [-0.39, 0.29) is 12.4 Å². The lowest BCUT2D eigenvalue weighted by molar-refractivity contribution is 0.145. The Morgan fingerprint density at radius 2 is 1.36 bits per heavy atom. The van der Waals surface area contributed by atoms with Crippen LogP contribution in [0.2, 0.25) is 0 Å². The number of aliphatic hydroxyl groups is 1. The summed E-state index contributed by atoms with van der Waals surface area (Å²) < 4.78 is 0. The van der Waals surface area contributed by atoms with Gasteiger partial charge in [-0.05, 0) is 24.2 Å². The van der Waals surface area contributed by atoms with E-state index in [2.05, 4.69) is 23.9 Å². The Bertz CT molecular complexity index is 604. The molecule has 4 nitrogen and oxygen atoms in total. The van der Waals surface area contributed by atoms with Crippen LogP contribution >= 0.6 is 12.4 Å². The van der Waals surface area contributed by atoms with Crippen LogP contribution in [0.1, 0.15) is 31.4 Å². The average Bonchev–Trinajstić information content (AvgIpc) is 2.66. The van der Waals surface area contributed by atoms with Crippen molar-refractivity contribution in [1.82, 2.24) is 4.90 Å². The van der Waals surface area contributed by atoms with Crippen LogP contribution in [-0.2, 0) is 5.60 Å². The molecule has 0 aliphatic rings. The second-order valence-corrected chi connectivity index (χ2v) is 5.77. The highest BCUT2D eigenvalue weighted by molar-refractivity contribution is 5.96. The fourth-order valence-electron chi connectivity index (χ4n) is 2.97. The van der Waals surface area contributed by atoms with E-state index in [4.69, 9.17) is 0 Å². The molecule has 0 heterocycles. The standard InChI is InChI=1S/C20H26N2O2.ClH/c1-3-22(4-2)16-15-19(21-24)20(23,17-11-7-5-8-12-17)18-13-9-6-10-14-18;/h5-14,23-24H,3-4,15-16H2,1-2H3;1H/b21-19-;. The molecule has 0 aliphatic carbocycles. The number of nitrogens with zero attached hydrogens (tertiary/aromatic N) is 2. The van der Waals surface area contributed by atoms with Crippen molar-refractivity contribution in [1.29, 1.82) is 0 Å². The maximum Gasteiger partial charge on any atom is 0.156 e. The number of benzene rings is 2. The molecule has 0 aromatic heterocycles. The number of rotatable bonds is 8. The predicted octanol–water partition coefficient (Wildman–Crippen LogP) is 3.91. The Labute approximate surface area is 156 Å². The third kappa shape index (κ3) is 4.82. The molecule has 0 saturated carbocycles. The lowest BCUT2D eigenvalue weighted by Crippen LogP contribution is -2.39. The third-order valence-electron chi connectivity index (χ3n) is 4.48. The lowest BCUT2D eigenvalue weighted by atomic mass is 9.81. The lowest BCUT2D eigenvalue weighted by Gasteiger charge is -2.31. The van der Waals surface area contributed by atoms with Crippen molar-refractivity contribution >= 4 is 18.1 Å². The van der Waals surface area contributed by atoms with Crippen molar-refractivity contribution < 1.29 is 10.3 Å². The van der Waals surface area contributed by atoms with Crippen molar-refractivity contribution in [3.05, 3.63) is 71.8 Å². The van der Waals surface area contributed by atoms with Gasteiger partial charge in [0.25, 0.3) is 0 Å². The highest BCUT2D eigenvalue weighted by Crippen LogP contribution is 2.32. The van der Waals surface area contributed by atoms with Gasteiger partial charge >= 0.3 is 0 Å². The highest BCUT2D eigenvalue weighted by Gasteiger charge is 2.37. The summed E-state index contributed by atoms with van der Waals surface area (Å²) in [6.07, 6.45) is 0.485. The minimum Gasteiger partial charge on any atom is -0.411 e. The van der Waals surface area contributed by atoms with E-state index in [1.807, 2.05) is 60.7 Å². The molecular formula is C20H27ClN2O2. The first-order chi connectivity index (χ1) is 11.7. The van der Waals surface area contributed by atoms with Gasteiger partial charge in [0.15, 0.2) is 5.60 Å². The van der Waals surface area contributed by atoms with E-state index in [1.54, 1.807) is 0 Å². The van der Waals surface area contributed by atoms with Gasteiger partial charge in [-0.2, -0.15) is 0 Å². The number of oxime groups is 1.